The van der Waals surface area contributed by atoms with Gasteiger partial charge in [-0.25, -0.2) is 0 Å². The van der Waals surface area contributed by atoms with Crippen LogP contribution in [0, 0.1) is 23.7 Å². The molecule has 0 bridgehead atoms. The molecule has 2 aliphatic carbocycles. The second-order valence-corrected chi connectivity index (χ2v) is 6.68. The highest BCUT2D eigenvalue weighted by molar-refractivity contribution is 4.89. The molecule has 0 aromatic rings. The molecule has 3 unspecified atom stereocenters. The highest BCUT2D eigenvalue weighted by Crippen LogP contribution is 2.40. The highest BCUT2D eigenvalue weighted by Gasteiger charge is 2.34. The van der Waals surface area contributed by atoms with E-state index in [-0.39, 0.29) is 0 Å². The maximum Gasteiger partial charge on any atom is 0.0121 e. The van der Waals surface area contributed by atoms with Gasteiger partial charge >= 0.3 is 0 Å². The lowest BCUT2D eigenvalue weighted by atomic mass is 9.74. The van der Waals surface area contributed by atoms with Crippen LogP contribution >= 0.6 is 0 Å². The Morgan fingerprint density at radius 1 is 1.00 bits per heavy atom. The van der Waals surface area contributed by atoms with Crippen molar-refractivity contribution < 1.29 is 0 Å². The Balaban J connectivity index is 1.86. The monoisotopic (exact) mass is 237 g/mol. The van der Waals surface area contributed by atoms with Gasteiger partial charge in [0.1, 0.15) is 0 Å². The van der Waals surface area contributed by atoms with E-state index in [9.17, 15) is 0 Å². The molecular weight excluding hydrogens is 206 g/mol. The molecule has 17 heavy (non-hydrogen) atoms. The maximum absolute atomic E-state index is 3.67. The molecule has 100 valence electrons. The summed E-state index contributed by atoms with van der Waals surface area (Å²) in [6.45, 7) is 4.79. The fourth-order valence-electron chi connectivity index (χ4n) is 4.39. The van der Waals surface area contributed by atoms with Crippen molar-refractivity contribution in [1.82, 2.24) is 5.32 Å². The minimum Gasteiger partial charge on any atom is -0.316 e. The fraction of sp³-hybridized carbons (Fsp3) is 1.00. The van der Waals surface area contributed by atoms with Gasteiger partial charge in [-0.15, -0.1) is 0 Å². The summed E-state index contributed by atoms with van der Waals surface area (Å²) in [4.78, 5) is 0. The van der Waals surface area contributed by atoms with E-state index >= 15 is 0 Å². The lowest BCUT2D eigenvalue weighted by Crippen LogP contribution is -2.41. The minimum atomic E-state index is 0.817. The summed E-state index contributed by atoms with van der Waals surface area (Å²) in [6, 6.07) is 0.817. The minimum absolute atomic E-state index is 0.817. The normalized spacial score (nSPS) is 40.4. The zero-order valence-corrected chi connectivity index (χ0v) is 12.0. The van der Waals surface area contributed by atoms with Gasteiger partial charge in [0.25, 0.3) is 0 Å². The Kier molecular flexibility index (Phi) is 4.90. The molecule has 2 aliphatic rings. The van der Waals surface area contributed by atoms with Crippen molar-refractivity contribution in [1.29, 1.82) is 0 Å². The van der Waals surface area contributed by atoms with E-state index in [2.05, 4.69) is 26.2 Å². The van der Waals surface area contributed by atoms with Crippen LogP contribution in [0.4, 0.5) is 0 Å². The van der Waals surface area contributed by atoms with Gasteiger partial charge in [-0.05, 0) is 56.4 Å². The van der Waals surface area contributed by atoms with Crippen LogP contribution in [-0.4, -0.2) is 13.1 Å². The van der Waals surface area contributed by atoms with Gasteiger partial charge in [0, 0.05) is 6.04 Å². The molecule has 0 radical (unpaired) electrons. The number of nitrogens with one attached hydrogen (secondary N) is 1. The van der Waals surface area contributed by atoms with Crippen molar-refractivity contribution >= 4 is 0 Å². The summed E-state index contributed by atoms with van der Waals surface area (Å²) >= 11 is 0. The van der Waals surface area contributed by atoms with Crippen LogP contribution in [-0.2, 0) is 0 Å². The molecule has 0 saturated heterocycles. The van der Waals surface area contributed by atoms with Crippen LogP contribution in [0.25, 0.3) is 0 Å². The van der Waals surface area contributed by atoms with Crippen LogP contribution in [0.5, 0.6) is 0 Å². The van der Waals surface area contributed by atoms with Gasteiger partial charge in [0.2, 0.25) is 0 Å². The topological polar surface area (TPSA) is 12.0 Å². The highest BCUT2D eigenvalue weighted by atomic mass is 14.9. The Morgan fingerprint density at radius 2 is 1.65 bits per heavy atom. The lowest BCUT2D eigenvalue weighted by molar-refractivity contribution is 0.181. The van der Waals surface area contributed by atoms with Crippen molar-refractivity contribution in [3.63, 3.8) is 0 Å². The predicted molar refractivity (Wildman–Crippen MR) is 75.1 cm³/mol. The van der Waals surface area contributed by atoms with Gasteiger partial charge in [-0.3, -0.25) is 0 Å². The third-order valence-corrected chi connectivity index (χ3v) is 5.55. The maximum atomic E-state index is 3.67. The molecule has 2 rings (SSSR count). The van der Waals surface area contributed by atoms with Crippen LogP contribution in [0.2, 0.25) is 0 Å². The van der Waals surface area contributed by atoms with Crippen LogP contribution in [0.3, 0.4) is 0 Å². The molecule has 1 nitrogen and oxygen atoms in total. The zero-order valence-electron chi connectivity index (χ0n) is 12.0. The molecule has 1 heteroatoms. The van der Waals surface area contributed by atoms with E-state index in [0.717, 1.165) is 29.7 Å². The second kappa shape index (κ2) is 6.22. The summed E-state index contributed by atoms with van der Waals surface area (Å²) in [5.41, 5.74) is 0. The first-order valence-electron chi connectivity index (χ1n) is 7.91. The first-order chi connectivity index (χ1) is 8.24. The Hall–Kier alpha value is -0.0400. The molecule has 1 N–H and O–H groups in total. The van der Waals surface area contributed by atoms with E-state index in [1.165, 1.54) is 51.4 Å². The third kappa shape index (κ3) is 3.24. The summed E-state index contributed by atoms with van der Waals surface area (Å²) < 4.78 is 0. The van der Waals surface area contributed by atoms with Crippen molar-refractivity contribution in [3.05, 3.63) is 0 Å². The SMILES string of the molecule is CCC1CCC(C(NC)C2CCC(C)C2)CC1. The van der Waals surface area contributed by atoms with Crippen molar-refractivity contribution in [3.8, 4) is 0 Å². The van der Waals surface area contributed by atoms with E-state index in [1.54, 1.807) is 0 Å². The molecule has 0 aliphatic heterocycles. The Morgan fingerprint density at radius 3 is 2.12 bits per heavy atom. The van der Waals surface area contributed by atoms with Gasteiger partial charge in [0.05, 0.1) is 0 Å². The van der Waals surface area contributed by atoms with Crippen LogP contribution < -0.4 is 5.32 Å². The first-order valence-corrected chi connectivity index (χ1v) is 7.91. The third-order valence-electron chi connectivity index (χ3n) is 5.55. The summed E-state index contributed by atoms with van der Waals surface area (Å²) in [5.74, 6) is 3.95. The van der Waals surface area contributed by atoms with Crippen molar-refractivity contribution in [2.24, 2.45) is 23.7 Å². The summed E-state index contributed by atoms with van der Waals surface area (Å²) in [5, 5.41) is 3.67. The zero-order chi connectivity index (χ0) is 12.3. The Labute approximate surface area is 108 Å². The molecule has 0 aromatic heterocycles. The van der Waals surface area contributed by atoms with Gasteiger partial charge in [0.15, 0.2) is 0 Å². The van der Waals surface area contributed by atoms with Gasteiger partial charge in [-0.2, -0.15) is 0 Å². The van der Waals surface area contributed by atoms with E-state index < -0.39 is 0 Å². The van der Waals surface area contributed by atoms with E-state index in [4.69, 9.17) is 0 Å². The standard InChI is InChI=1S/C16H31N/c1-4-13-6-9-14(10-7-13)16(17-3)15-8-5-12(2)11-15/h12-17H,4-11H2,1-3H3. The predicted octanol–water partition coefficient (Wildman–Crippen LogP) is 4.23. The summed E-state index contributed by atoms with van der Waals surface area (Å²) in [6.07, 6.45) is 11.7. The molecule has 2 fully saturated rings. The smallest absolute Gasteiger partial charge is 0.0121 e. The fourth-order valence-corrected chi connectivity index (χ4v) is 4.39. The number of rotatable bonds is 4. The van der Waals surface area contributed by atoms with E-state index in [1.807, 2.05) is 0 Å². The second-order valence-electron chi connectivity index (χ2n) is 6.68. The van der Waals surface area contributed by atoms with Gasteiger partial charge < -0.3 is 5.32 Å². The Bertz CT molecular complexity index is 218. The molecule has 2 saturated carbocycles. The average molecular weight is 237 g/mol. The first kappa shape index (κ1) is 13.4. The number of hydrogen-bond acceptors (Lipinski definition) is 1. The quantitative estimate of drug-likeness (QED) is 0.771. The van der Waals surface area contributed by atoms with Gasteiger partial charge in [-0.1, -0.05) is 39.5 Å². The molecular formula is C16H31N. The number of hydrogen-bond donors (Lipinski definition) is 1. The molecule has 0 aromatic carbocycles. The van der Waals surface area contributed by atoms with Crippen LogP contribution in [0.1, 0.15) is 65.2 Å². The largest absolute Gasteiger partial charge is 0.316 e. The van der Waals surface area contributed by atoms with Crippen LogP contribution in [0.15, 0.2) is 0 Å². The van der Waals surface area contributed by atoms with Crippen molar-refractivity contribution in [2.45, 2.75) is 71.3 Å². The summed E-state index contributed by atoms with van der Waals surface area (Å²) in [7, 11) is 2.19. The molecule has 3 atom stereocenters. The molecule has 0 heterocycles. The van der Waals surface area contributed by atoms with Crippen molar-refractivity contribution in [2.75, 3.05) is 7.05 Å². The average Bonchev–Trinajstić information content (AvgIpc) is 2.78. The van der Waals surface area contributed by atoms with E-state index in [0.29, 0.717) is 0 Å². The molecule has 0 spiro atoms. The lowest BCUT2D eigenvalue weighted by Gasteiger charge is -2.36. The molecule has 0 amide bonds.